The summed E-state index contributed by atoms with van der Waals surface area (Å²) < 4.78 is 31.0. The number of benzene rings is 2. The fourth-order valence-corrected chi connectivity index (χ4v) is 4.20. The summed E-state index contributed by atoms with van der Waals surface area (Å²) in [4.78, 5) is 14.1. The number of para-hydroxylation sites is 1. The number of furan rings is 1. The SMILES string of the molecule is CCN(CCc1coc2c(OC)cccc12)C1COc2c(F)ccc(C(N)=O)c2C1.Cl. The number of halogens is 2. The highest BCUT2D eigenvalue weighted by Gasteiger charge is 2.29. The Kier molecular flexibility index (Phi) is 7.08. The second-order valence-corrected chi connectivity index (χ2v) is 7.41. The van der Waals surface area contributed by atoms with Gasteiger partial charge in [-0.15, -0.1) is 12.4 Å². The molecule has 166 valence electrons. The first-order valence-electron chi connectivity index (χ1n) is 10.0. The third-order valence-electron chi connectivity index (χ3n) is 5.79. The molecule has 4 rings (SSSR count). The predicted molar refractivity (Wildman–Crippen MR) is 119 cm³/mol. The van der Waals surface area contributed by atoms with Crippen molar-refractivity contribution in [2.24, 2.45) is 5.73 Å². The number of primary amides is 1. The standard InChI is InChI=1S/C23H25FN2O4.ClH/c1-3-26(10-9-14-12-29-22-16(14)5-4-6-20(22)28-2)15-11-18-17(23(25)27)7-8-19(24)21(18)30-13-15;/h4-8,12,15H,3,9-11,13H2,1-2H3,(H2,25,27);1H. The molecule has 1 atom stereocenters. The molecule has 2 aromatic carbocycles. The highest BCUT2D eigenvalue weighted by molar-refractivity contribution is 5.95. The number of likely N-dealkylation sites (N-methyl/N-ethyl adjacent to an activating group) is 1. The van der Waals surface area contributed by atoms with Crippen LogP contribution in [0.4, 0.5) is 4.39 Å². The van der Waals surface area contributed by atoms with Crippen molar-refractivity contribution in [1.82, 2.24) is 4.90 Å². The molecule has 0 saturated carbocycles. The van der Waals surface area contributed by atoms with Gasteiger partial charge in [0.15, 0.2) is 22.9 Å². The van der Waals surface area contributed by atoms with Gasteiger partial charge in [-0.3, -0.25) is 9.69 Å². The van der Waals surface area contributed by atoms with Gasteiger partial charge < -0.3 is 19.6 Å². The van der Waals surface area contributed by atoms with Gasteiger partial charge in [-0.1, -0.05) is 19.1 Å². The van der Waals surface area contributed by atoms with E-state index in [4.69, 9.17) is 19.6 Å². The highest BCUT2D eigenvalue weighted by Crippen LogP contribution is 2.33. The van der Waals surface area contributed by atoms with Crippen molar-refractivity contribution in [3.8, 4) is 11.5 Å². The Bertz CT molecular complexity index is 1080. The fraction of sp³-hybridized carbons (Fsp3) is 0.348. The maximum absolute atomic E-state index is 14.2. The lowest BCUT2D eigenvalue weighted by atomic mass is 9.95. The zero-order valence-electron chi connectivity index (χ0n) is 17.5. The van der Waals surface area contributed by atoms with Crippen LogP contribution < -0.4 is 15.2 Å². The zero-order valence-corrected chi connectivity index (χ0v) is 18.3. The number of fused-ring (bicyclic) bond motifs is 2. The van der Waals surface area contributed by atoms with Crippen LogP contribution in [0, 0.1) is 5.82 Å². The van der Waals surface area contributed by atoms with Gasteiger partial charge in [0.05, 0.1) is 13.4 Å². The average Bonchev–Trinajstić information content (AvgIpc) is 3.17. The quantitative estimate of drug-likeness (QED) is 0.591. The Morgan fingerprint density at radius 2 is 2.13 bits per heavy atom. The first-order chi connectivity index (χ1) is 14.5. The molecule has 6 nitrogen and oxygen atoms in total. The van der Waals surface area contributed by atoms with Gasteiger partial charge in [0.1, 0.15) is 6.61 Å². The normalized spacial score (nSPS) is 15.3. The number of amides is 1. The summed E-state index contributed by atoms with van der Waals surface area (Å²) in [7, 11) is 1.62. The van der Waals surface area contributed by atoms with Crippen LogP contribution in [0.2, 0.25) is 0 Å². The summed E-state index contributed by atoms with van der Waals surface area (Å²) >= 11 is 0. The maximum atomic E-state index is 14.2. The Morgan fingerprint density at radius 1 is 1.32 bits per heavy atom. The van der Waals surface area contributed by atoms with Crippen molar-refractivity contribution in [1.29, 1.82) is 0 Å². The van der Waals surface area contributed by atoms with Crippen LogP contribution in [0.3, 0.4) is 0 Å². The smallest absolute Gasteiger partial charge is 0.249 e. The molecule has 0 radical (unpaired) electrons. The second kappa shape index (κ2) is 9.58. The van der Waals surface area contributed by atoms with Crippen molar-refractivity contribution in [3.05, 3.63) is 59.1 Å². The third-order valence-corrected chi connectivity index (χ3v) is 5.79. The van der Waals surface area contributed by atoms with Crippen molar-refractivity contribution >= 4 is 29.3 Å². The molecule has 3 aromatic rings. The topological polar surface area (TPSA) is 77.9 Å². The molecule has 1 aliphatic heterocycles. The number of rotatable bonds is 7. The van der Waals surface area contributed by atoms with Gasteiger partial charge >= 0.3 is 0 Å². The molecule has 0 aliphatic carbocycles. The van der Waals surface area contributed by atoms with Crippen molar-refractivity contribution < 1.29 is 23.1 Å². The van der Waals surface area contributed by atoms with E-state index >= 15 is 0 Å². The number of nitrogens with zero attached hydrogens (tertiary/aromatic N) is 1. The lowest BCUT2D eigenvalue weighted by molar-refractivity contribution is 0.0988. The molecular weight excluding hydrogens is 423 g/mol. The van der Waals surface area contributed by atoms with E-state index in [-0.39, 0.29) is 24.2 Å². The van der Waals surface area contributed by atoms with E-state index in [0.717, 1.165) is 36.0 Å². The molecule has 0 spiro atoms. The van der Waals surface area contributed by atoms with Gasteiger partial charge in [-0.2, -0.15) is 0 Å². The minimum atomic E-state index is -0.572. The van der Waals surface area contributed by atoms with Crippen LogP contribution in [0.1, 0.15) is 28.4 Å². The molecule has 0 bridgehead atoms. The fourth-order valence-electron chi connectivity index (χ4n) is 4.20. The van der Waals surface area contributed by atoms with Gasteiger partial charge in [0.25, 0.3) is 0 Å². The number of carbonyl (C=O) groups is 1. The highest BCUT2D eigenvalue weighted by atomic mass is 35.5. The molecule has 1 unspecified atom stereocenters. The summed E-state index contributed by atoms with van der Waals surface area (Å²) in [6.07, 6.45) is 3.07. The van der Waals surface area contributed by atoms with E-state index in [0.29, 0.717) is 29.9 Å². The molecular formula is C23H26ClFN2O4. The average molecular weight is 449 g/mol. The lowest BCUT2D eigenvalue weighted by Gasteiger charge is -2.35. The summed E-state index contributed by atoms with van der Waals surface area (Å²) in [6, 6.07) is 8.53. The summed E-state index contributed by atoms with van der Waals surface area (Å²) in [5.74, 6) is -0.177. The van der Waals surface area contributed by atoms with Crippen molar-refractivity contribution in [2.75, 3.05) is 26.8 Å². The van der Waals surface area contributed by atoms with Crippen LogP contribution in [-0.4, -0.2) is 43.7 Å². The lowest BCUT2D eigenvalue weighted by Crippen LogP contribution is -2.44. The van der Waals surface area contributed by atoms with Gasteiger partial charge in [-0.05, 0) is 43.1 Å². The van der Waals surface area contributed by atoms with Crippen LogP contribution in [0.25, 0.3) is 11.0 Å². The molecule has 31 heavy (non-hydrogen) atoms. The Balaban J connectivity index is 0.00000272. The molecule has 1 amide bonds. The van der Waals surface area contributed by atoms with Crippen molar-refractivity contribution in [2.45, 2.75) is 25.8 Å². The Labute approximate surface area is 186 Å². The predicted octanol–water partition coefficient (Wildman–Crippen LogP) is 3.97. The molecule has 0 saturated heterocycles. The number of hydrogen-bond acceptors (Lipinski definition) is 5. The van der Waals surface area contributed by atoms with E-state index in [9.17, 15) is 9.18 Å². The summed E-state index contributed by atoms with van der Waals surface area (Å²) in [6.45, 7) is 4.00. The van der Waals surface area contributed by atoms with Crippen molar-refractivity contribution in [3.63, 3.8) is 0 Å². The molecule has 1 aliphatic rings. The number of methoxy groups -OCH3 is 1. The molecule has 2 N–H and O–H groups in total. The minimum Gasteiger partial charge on any atom is -0.493 e. The molecule has 0 fully saturated rings. The number of hydrogen-bond donors (Lipinski definition) is 1. The first-order valence-corrected chi connectivity index (χ1v) is 10.0. The Hall–Kier alpha value is -2.77. The van der Waals surface area contributed by atoms with Crippen LogP contribution in [0.15, 0.2) is 41.0 Å². The monoisotopic (exact) mass is 448 g/mol. The molecule has 1 aromatic heterocycles. The third kappa shape index (κ3) is 4.34. The van der Waals surface area contributed by atoms with Crippen LogP contribution in [0.5, 0.6) is 11.5 Å². The Morgan fingerprint density at radius 3 is 2.84 bits per heavy atom. The number of nitrogens with two attached hydrogens (primary N) is 1. The van der Waals surface area contributed by atoms with E-state index in [1.54, 1.807) is 13.4 Å². The van der Waals surface area contributed by atoms with E-state index < -0.39 is 11.7 Å². The van der Waals surface area contributed by atoms with E-state index in [2.05, 4.69) is 11.8 Å². The summed E-state index contributed by atoms with van der Waals surface area (Å²) in [5, 5.41) is 1.04. The maximum Gasteiger partial charge on any atom is 0.249 e. The van der Waals surface area contributed by atoms with Crippen LogP contribution in [-0.2, 0) is 12.8 Å². The second-order valence-electron chi connectivity index (χ2n) is 7.41. The van der Waals surface area contributed by atoms with Gasteiger partial charge in [-0.25, -0.2) is 4.39 Å². The van der Waals surface area contributed by atoms with Crippen LogP contribution >= 0.6 is 12.4 Å². The number of ether oxygens (including phenoxy) is 2. The van der Waals surface area contributed by atoms with Gasteiger partial charge in [0.2, 0.25) is 5.91 Å². The van der Waals surface area contributed by atoms with E-state index in [1.165, 1.54) is 12.1 Å². The van der Waals surface area contributed by atoms with E-state index in [1.807, 2.05) is 18.2 Å². The largest absolute Gasteiger partial charge is 0.493 e. The molecule has 2 heterocycles. The van der Waals surface area contributed by atoms with Gasteiger partial charge in [0, 0.05) is 29.1 Å². The zero-order chi connectivity index (χ0) is 21.3. The minimum absolute atomic E-state index is 0. The summed E-state index contributed by atoms with van der Waals surface area (Å²) in [5.41, 5.74) is 8.21. The number of carbonyl (C=O) groups excluding carboxylic acids is 1. The first kappa shape index (κ1) is 22.9. The molecule has 8 heteroatoms.